The summed E-state index contributed by atoms with van der Waals surface area (Å²) >= 11 is 0. The lowest BCUT2D eigenvalue weighted by Crippen LogP contribution is -2.54. The molecular weight excluding hydrogens is 365 g/mol. The predicted octanol–water partition coefficient (Wildman–Crippen LogP) is 5.41. The van der Waals surface area contributed by atoms with E-state index in [1.54, 1.807) is 0 Å². The van der Waals surface area contributed by atoms with Gasteiger partial charge in [0.25, 0.3) is 0 Å². The van der Waals surface area contributed by atoms with Gasteiger partial charge in [-0.05, 0) is 62.6 Å². The van der Waals surface area contributed by atoms with Gasteiger partial charge in [-0.25, -0.2) is 0 Å². The molecule has 0 saturated carbocycles. The summed E-state index contributed by atoms with van der Waals surface area (Å²) in [6.45, 7) is 28.8. The Morgan fingerprint density at radius 3 is 1.67 bits per heavy atom. The van der Waals surface area contributed by atoms with E-state index in [4.69, 9.17) is 12.3 Å². The van der Waals surface area contributed by atoms with Crippen LogP contribution >= 0.6 is 0 Å². The maximum atomic E-state index is 6.67. The average molecular weight is 407 g/mol. The van der Waals surface area contributed by atoms with Crippen molar-refractivity contribution in [3.05, 3.63) is 12.7 Å². The van der Waals surface area contributed by atoms with Gasteiger partial charge >= 0.3 is 8.80 Å². The highest BCUT2D eigenvalue weighted by Crippen LogP contribution is 2.44. The van der Waals surface area contributed by atoms with Crippen molar-refractivity contribution in [3.63, 3.8) is 0 Å². The van der Waals surface area contributed by atoms with Gasteiger partial charge in [-0.15, -0.1) is 6.58 Å². The summed E-state index contributed by atoms with van der Waals surface area (Å²) < 4.78 is 19.2. The Morgan fingerprint density at radius 1 is 0.917 bits per heavy atom. The van der Waals surface area contributed by atoms with Crippen molar-refractivity contribution in [3.8, 4) is 0 Å². The standard InChI is InChI=1S/C17H42O3Si4/c1-13-16(2,3)17(4,5)14-15-23(10,11)20-24(12,18-21(6)7)19-22(8)9/h13,21-22H,1,14-15H2,2-12H3. The van der Waals surface area contributed by atoms with E-state index in [-0.39, 0.29) is 10.8 Å². The third-order valence-corrected chi connectivity index (χ3v) is 17.3. The fourth-order valence-corrected chi connectivity index (χ4v) is 17.2. The molecule has 0 radical (unpaired) electrons. The smallest absolute Gasteiger partial charge is 0.420 e. The first-order valence-electron chi connectivity index (χ1n) is 9.25. The summed E-state index contributed by atoms with van der Waals surface area (Å²) in [6.07, 6.45) is 3.22. The van der Waals surface area contributed by atoms with Crippen LogP contribution < -0.4 is 0 Å². The first-order chi connectivity index (χ1) is 10.6. The maximum Gasteiger partial charge on any atom is 0.465 e. The van der Waals surface area contributed by atoms with Crippen LogP contribution in [-0.4, -0.2) is 35.2 Å². The molecule has 3 nitrogen and oxygen atoms in total. The molecule has 0 heterocycles. The van der Waals surface area contributed by atoms with Gasteiger partial charge in [0.15, 0.2) is 26.4 Å². The van der Waals surface area contributed by atoms with Crippen LogP contribution in [0.5, 0.6) is 0 Å². The van der Waals surface area contributed by atoms with E-state index in [0.29, 0.717) is 0 Å². The van der Waals surface area contributed by atoms with Crippen LogP contribution in [0.4, 0.5) is 0 Å². The van der Waals surface area contributed by atoms with Gasteiger partial charge < -0.3 is 12.3 Å². The van der Waals surface area contributed by atoms with Gasteiger partial charge in [0.05, 0.1) is 0 Å². The zero-order valence-electron chi connectivity index (χ0n) is 18.1. The van der Waals surface area contributed by atoms with Crippen LogP contribution in [0.3, 0.4) is 0 Å². The van der Waals surface area contributed by atoms with Crippen LogP contribution in [0.2, 0.25) is 51.9 Å². The van der Waals surface area contributed by atoms with Crippen LogP contribution in [0.1, 0.15) is 34.1 Å². The Kier molecular flexibility index (Phi) is 9.10. The molecule has 0 saturated heterocycles. The highest BCUT2D eigenvalue weighted by molar-refractivity contribution is 6.84. The molecule has 0 aliphatic heterocycles. The topological polar surface area (TPSA) is 27.7 Å². The minimum Gasteiger partial charge on any atom is -0.420 e. The zero-order valence-corrected chi connectivity index (χ0v) is 22.4. The molecule has 7 heteroatoms. The minimum atomic E-state index is -2.50. The van der Waals surface area contributed by atoms with Crippen molar-refractivity contribution in [2.45, 2.75) is 86.0 Å². The van der Waals surface area contributed by atoms with Crippen LogP contribution in [0.25, 0.3) is 0 Å². The van der Waals surface area contributed by atoms with Crippen LogP contribution in [0, 0.1) is 10.8 Å². The first-order valence-corrected chi connectivity index (χ1v) is 20.2. The lowest BCUT2D eigenvalue weighted by Gasteiger charge is -2.42. The second-order valence-electron chi connectivity index (χ2n) is 9.37. The molecule has 0 aromatic rings. The SMILES string of the molecule is C=CC(C)(C)C(C)(C)CC[Si](C)(C)O[Si](C)(O[SiH](C)C)O[SiH](C)C. The van der Waals surface area contributed by atoms with Crippen molar-refractivity contribution >= 4 is 35.2 Å². The first kappa shape index (κ1) is 24.5. The number of hydrogen-bond donors (Lipinski definition) is 0. The molecule has 0 aliphatic rings. The molecule has 0 amide bonds. The normalized spacial score (nSPS) is 14.5. The highest BCUT2D eigenvalue weighted by atomic mass is 28.5. The van der Waals surface area contributed by atoms with E-state index < -0.39 is 35.2 Å². The second-order valence-corrected chi connectivity index (χ2v) is 22.0. The third-order valence-electron chi connectivity index (χ3n) is 4.97. The summed E-state index contributed by atoms with van der Waals surface area (Å²) in [7, 11) is -6.72. The van der Waals surface area contributed by atoms with E-state index in [1.807, 2.05) is 0 Å². The van der Waals surface area contributed by atoms with E-state index in [9.17, 15) is 0 Å². The summed E-state index contributed by atoms with van der Waals surface area (Å²) in [5.41, 5.74) is 0.308. The van der Waals surface area contributed by atoms with Crippen LogP contribution in [-0.2, 0) is 12.3 Å². The number of rotatable bonds is 11. The Balaban J connectivity index is 5.06. The number of allylic oxidation sites excluding steroid dienone is 1. The largest absolute Gasteiger partial charge is 0.465 e. The molecule has 0 rings (SSSR count). The second kappa shape index (κ2) is 8.92. The van der Waals surface area contributed by atoms with E-state index >= 15 is 0 Å². The third kappa shape index (κ3) is 8.24. The van der Waals surface area contributed by atoms with Gasteiger partial charge in [-0.3, -0.25) is 0 Å². The molecule has 0 fully saturated rings. The van der Waals surface area contributed by atoms with E-state index in [2.05, 4.69) is 86.2 Å². The molecule has 24 heavy (non-hydrogen) atoms. The van der Waals surface area contributed by atoms with E-state index in [0.717, 1.165) is 12.5 Å². The summed E-state index contributed by atoms with van der Waals surface area (Å²) in [5, 5.41) is 0. The van der Waals surface area contributed by atoms with Gasteiger partial charge in [-0.1, -0.05) is 33.8 Å². The maximum absolute atomic E-state index is 6.67. The van der Waals surface area contributed by atoms with Crippen molar-refractivity contribution in [2.75, 3.05) is 0 Å². The predicted molar refractivity (Wildman–Crippen MR) is 117 cm³/mol. The summed E-state index contributed by atoms with van der Waals surface area (Å²) in [4.78, 5) is 0. The molecule has 0 spiro atoms. The van der Waals surface area contributed by atoms with Gasteiger partial charge in [0.1, 0.15) is 0 Å². The van der Waals surface area contributed by atoms with Gasteiger partial charge in [-0.2, -0.15) is 0 Å². The Hall–Kier alpha value is 0.488. The monoisotopic (exact) mass is 406 g/mol. The molecular formula is C17H42O3Si4. The van der Waals surface area contributed by atoms with E-state index in [1.165, 1.54) is 0 Å². The highest BCUT2D eigenvalue weighted by Gasteiger charge is 2.44. The summed E-state index contributed by atoms with van der Waals surface area (Å²) in [6, 6.07) is 1.12. The van der Waals surface area contributed by atoms with Crippen LogP contribution in [0.15, 0.2) is 12.7 Å². The lowest BCUT2D eigenvalue weighted by atomic mass is 9.66. The summed E-state index contributed by atoms with van der Waals surface area (Å²) in [5.74, 6) is 0. The molecule has 0 unspecified atom stereocenters. The molecule has 0 bridgehead atoms. The molecule has 0 aromatic carbocycles. The Morgan fingerprint density at radius 2 is 1.33 bits per heavy atom. The quantitative estimate of drug-likeness (QED) is 0.339. The Labute approximate surface area is 157 Å². The van der Waals surface area contributed by atoms with Gasteiger partial charge in [0, 0.05) is 6.55 Å². The number of hydrogen-bond acceptors (Lipinski definition) is 3. The van der Waals surface area contributed by atoms with Crippen molar-refractivity contribution in [1.29, 1.82) is 0 Å². The molecule has 144 valence electrons. The average Bonchev–Trinajstić information content (AvgIpc) is 2.33. The fourth-order valence-electron chi connectivity index (χ4n) is 2.70. The molecule has 0 aromatic heterocycles. The molecule has 0 aliphatic carbocycles. The zero-order chi connectivity index (χ0) is 19.4. The van der Waals surface area contributed by atoms with Crippen molar-refractivity contribution in [2.24, 2.45) is 10.8 Å². The molecule has 0 atom stereocenters. The minimum absolute atomic E-state index is 0.112. The fraction of sp³-hybridized carbons (Fsp3) is 0.882. The lowest BCUT2D eigenvalue weighted by molar-refractivity contribution is 0.156. The van der Waals surface area contributed by atoms with Crippen molar-refractivity contribution in [1.82, 2.24) is 0 Å². The van der Waals surface area contributed by atoms with Crippen molar-refractivity contribution < 1.29 is 12.3 Å². The van der Waals surface area contributed by atoms with Gasteiger partial charge in [0.2, 0.25) is 0 Å². The molecule has 0 N–H and O–H groups in total. The Bertz CT molecular complexity index is 397.